The summed E-state index contributed by atoms with van der Waals surface area (Å²) in [5, 5.41) is 0. The quantitative estimate of drug-likeness (QED) is 0.574. The smallest absolute Gasteiger partial charge is 0.259 e. The number of nitrogens with zero attached hydrogens (tertiary/aromatic N) is 2. The van der Waals surface area contributed by atoms with Gasteiger partial charge in [-0.25, -0.2) is 8.78 Å². The van der Waals surface area contributed by atoms with Crippen LogP contribution in [0.3, 0.4) is 0 Å². The number of hydrogen-bond donors (Lipinski definition) is 0. The van der Waals surface area contributed by atoms with E-state index in [1.807, 2.05) is 0 Å². The molecular weight excluding hydrogens is 406 g/mol. The van der Waals surface area contributed by atoms with E-state index in [9.17, 15) is 13.6 Å². The lowest BCUT2D eigenvalue weighted by Crippen LogP contribution is -2.50. The van der Waals surface area contributed by atoms with E-state index in [1.165, 1.54) is 34.4 Å². The van der Waals surface area contributed by atoms with E-state index in [0.717, 1.165) is 12.8 Å². The van der Waals surface area contributed by atoms with Crippen LogP contribution in [0.25, 0.3) is 0 Å². The minimum absolute atomic E-state index is 0.120. The predicted molar refractivity (Wildman–Crippen MR) is 121 cm³/mol. The summed E-state index contributed by atoms with van der Waals surface area (Å²) in [5.41, 5.74) is 5.18. The maximum absolute atomic E-state index is 14.5. The first-order valence-corrected chi connectivity index (χ1v) is 11.2. The average molecular weight is 433 g/mol. The van der Waals surface area contributed by atoms with Crippen LogP contribution in [0.4, 0.5) is 8.78 Å². The van der Waals surface area contributed by atoms with Gasteiger partial charge in [0.25, 0.3) is 5.91 Å². The number of halogens is 2. The molecule has 0 unspecified atom stereocenters. The molecule has 3 aromatic rings. The minimum atomic E-state index is -0.799. The molecule has 5 rings (SSSR count). The fraction of sp³-hybridized carbons (Fsp3) is 0.296. The fourth-order valence-corrected chi connectivity index (χ4v) is 5.08. The van der Waals surface area contributed by atoms with Gasteiger partial charge in [0, 0.05) is 26.2 Å². The van der Waals surface area contributed by atoms with Crippen molar-refractivity contribution in [2.45, 2.75) is 25.8 Å². The maximum atomic E-state index is 14.5. The van der Waals surface area contributed by atoms with Crippen molar-refractivity contribution < 1.29 is 13.6 Å². The predicted octanol–water partition coefficient (Wildman–Crippen LogP) is 4.92. The highest BCUT2D eigenvalue weighted by molar-refractivity contribution is 5.95. The lowest BCUT2D eigenvalue weighted by Gasteiger charge is -2.40. The van der Waals surface area contributed by atoms with Gasteiger partial charge in [-0.1, -0.05) is 54.6 Å². The molecule has 1 saturated heterocycles. The number of carbonyl (C=O) groups excluding carboxylic acids is 1. The maximum Gasteiger partial charge on any atom is 0.259 e. The zero-order chi connectivity index (χ0) is 22.2. The number of benzene rings is 3. The van der Waals surface area contributed by atoms with Crippen molar-refractivity contribution in [3.8, 4) is 0 Å². The van der Waals surface area contributed by atoms with Gasteiger partial charge < -0.3 is 4.90 Å². The third-order valence-electron chi connectivity index (χ3n) is 6.83. The fourth-order valence-electron chi connectivity index (χ4n) is 5.08. The van der Waals surface area contributed by atoms with Crippen LogP contribution in [-0.4, -0.2) is 41.9 Å². The summed E-state index contributed by atoms with van der Waals surface area (Å²) < 4.78 is 28.8. The van der Waals surface area contributed by atoms with Gasteiger partial charge in [-0.05, 0) is 53.6 Å². The zero-order valence-electron chi connectivity index (χ0n) is 18.2. The van der Waals surface area contributed by atoms with Crippen molar-refractivity contribution in [1.82, 2.24) is 9.80 Å². The highest BCUT2D eigenvalue weighted by Crippen LogP contribution is 2.37. The highest BCUT2D eigenvalue weighted by Gasteiger charge is 2.33. The van der Waals surface area contributed by atoms with Crippen molar-refractivity contribution in [2.75, 3.05) is 26.2 Å². The molecule has 1 aliphatic heterocycles. The van der Waals surface area contributed by atoms with Crippen molar-refractivity contribution >= 4 is 5.91 Å². The summed E-state index contributed by atoms with van der Waals surface area (Å²) in [5.74, 6) is -2.12. The van der Waals surface area contributed by atoms with Crippen LogP contribution in [-0.2, 0) is 12.8 Å². The molecule has 0 atom stereocenters. The Morgan fingerprint density at radius 3 is 1.97 bits per heavy atom. The number of piperazine rings is 1. The average Bonchev–Trinajstić information content (AvgIpc) is 2.99. The van der Waals surface area contributed by atoms with E-state index >= 15 is 0 Å². The molecule has 1 heterocycles. The Labute approximate surface area is 187 Å². The molecule has 0 saturated carbocycles. The normalized spacial score (nSPS) is 16.9. The van der Waals surface area contributed by atoms with Crippen LogP contribution < -0.4 is 0 Å². The van der Waals surface area contributed by atoms with Gasteiger partial charge in [-0.2, -0.15) is 0 Å². The number of aryl methyl sites for hydroxylation is 3. The van der Waals surface area contributed by atoms with Crippen molar-refractivity contribution in [3.05, 3.63) is 106 Å². The summed E-state index contributed by atoms with van der Waals surface area (Å²) in [6.07, 6.45) is 2.02. The Morgan fingerprint density at radius 2 is 1.38 bits per heavy atom. The van der Waals surface area contributed by atoms with Gasteiger partial charge in [0.05, 0.1) is 6.04 Å². The first-order valence-electron chi connectivity index (χ1n) is 11.2. The largest absolute Gasteiger partial charge is 0.336 e. The SMILES string of the molecule is Cc1ccc(F)c(C(=O)N2CCN(C3c4ccccc4CCc4ccccc43)CC2)c1F. The van der Waals surface area contributed by atoms with Gasteiger partial charge in [-0.3, -0.25) is 9.69 Å². The molecule has 5 heteroatoms. The Balaban J connectivity index is 1.42. The van der Waals surface area contributed by atoms with E-state index in [2.05, 4.69) is 53.4 Å². The number of rotatable bonds is 2. The molecule has 0 N–H and O–H groups in total. The molecule has 1 fully saturated rings. The third kappa shape index (κ3) is 3.61. The lowest BCUT2D eigenvalue weighted by molar-refractivity contribution is 0.0587. The van der Waals surface area contributed by atoms with Crippen LogP contribution in [0.2, 0.25) is 0 Å². The third-order valence-corrected chi connectivity index (χ3v) is 6.83. The van der Waals surface area contributed by atoms with Crippen LogP contribution in [0.15, 0.2) is 60.7 Å². The standard InChI is InChI=1S/C27H26F2N2O/c1-18-10-13-23(28)24(25(18)29)27(32)31-16-14-30(15-17-31)26-21-8-4-2-6-19(21)11-12-20-7-3-5-9-22(20)26/h2-10,13,26H,11-12,14-17H2,1H3. The molecule has 0 aromatic heterocycles. The van der Waals surface area contributed by atoms with E-state index in [4.69, 9.17) is 0 Å². The molecule has 32 heavy (non-hydrogen) atoms. The van der Waals surface area contributed by atoms with Crippen LogP contribution >= 0.6 is 0 Å². The number of amides is 1. The summed E-state index contributed by atoms with van der Waals surface area (Å²) in [6, 6.07) is 19.8. The summed E-state index contributed by atoms with van der Waals surface area (Å²) in [4.78, 5) is 16.9. The molecular formula is C27H26F2N2O. The lowest BCUT2D eigenvalue weighted by atomic mass is 9.92. The Morgan fingerprint density at radius 1 is 0.812 bits per heavy atom. The summed E-state index contributed by atoms with van der Waals surface area (Å²) >= 11 is 0. The molecule has 1 aliphatic carbocycles. The molecule has 0 spiro atoms. The van der Waals surface area contributed by atoms with E-state index in [-0.39, 0.29) is 11.6 Å². The monoisotopic (exact) mass is 432 g/mol. The van der Waals surface area contributed by atoms with E-state index < -0.39 is 23.1 Å². The van der Waals surface area contributed by atoms with Crippen molar-refractivity contribution in [3.63, 3.8) is 0 Å². The van der Waals surface area contributed by atoms with Crippen LogP contribution in [0, 0.1) is 18.6 Å². The highest BCUT2D eigenvalue weighted by atomic mass is 19.1. The Hall–Kier alpha value is -3.05. The zero-order valence-corrected chi connectivity index (χ0v) is 18.2. The van der Waals surface area contributed by atoms with E-state index in [1.54, 1.807) is 11.8 Å². The molecule has 164 valence electrons. The molecule has 2 aliphatic rings. The second-order valence-corrected chi connectivity index (χ2v) is 8.68. The van der Waals surface area contributed by atoms with Gasteiger partial charge in [0.15, 0.2) is 0 Å². The van der Waals surface area contributed by atoms with Crippen LogP contribution in [0.5, 0.6) is 0 Å². The molecule has 1 amide bonds. The topological polar surface area (TPSA) is 23.6 Å². The molecule has 3 nitrogen and oxygen atoms in total. The van der Waals surface area contributed by atoms with Crippen LogP contribution in [0.1, 0.15) is 44.2 Å². The Kier molecular flexibility index (Phi) is 5.51. The number of hydrogen-bond acceptors (Lipinski definition) is 2. The first kappa shape index (κ1) is 20.8. The summed E-state index contributed by atoms with van der Waals surface area (Å²) in [6.45, 7) is 3.71. The first-order chi connectivity index (χ1) is 15.5. The number of fused-ring (bicyclic) bond motifs is 2. The van der Waals surface area contributed by atoms with Crippen molar-refractivity contribution in [1.29, 1.82) is 0 Å². The Bertz CT molecular complexity index is 1120. The summed E-state index contributed by atoms with van der Waals surface area (Å²) in [7, 11) is 0. The molecule has 0 bridgehead atoms. The van der Waals surface area contributed by atoms with Gasteiger partial charge in [0.2, 0.25) is 0 Å². The van der Waals surface area contributed by atoms with Crippen molar-refractivity contribution in [2.24, 2.45) is 0 Å². The van der Waals surface area contributed by atoms with Gasteiger partial charge in [0.1, 0.15) is 17.2 Å². The number of carbonyl (C=O) groups is 1. The molecule has 0 radical (unpaired) electrons. The van der Waals surface area contributed by atoms with Gasteiger partial charge in [-0.15, -0.1) is 0 Å². The second-order valence-electron chi connectivity index (χ2n) is 8.68. The second kappa shape index (κ2) is 8.47. The van der Waals surface area contributed by atoms with Gasteiger partial charge >= 0.3 is 0 Å². The van der Waals surface area contributed by atoms with E-state index in [0.29, 0.717) is 26.2 Å². The minimum Gasteiger partial charge on any atom is -0.336 e. The molecule has 3 aromatic carbocycles.